The molecule has 2 aliphatic heterocycles. The molecule has 1 N–H and O–H groups in total. The number of nitrogens with zero attached hydrogens (tertiary/aromatic N) is 2. The Hall–Kier alpha value is -2.09. The van der Waals surface area contributed by atoms with E-state index in [9.17, 15) is 13.2 Å². The Balaban J connectivity index is 1.18. The average molecular weight is 476 g/mol. The summed E-state index contributed by atoms with van der Waals surface area (Å²) >= 11 is 5.88. The van der Waals surface area contributed by atoms with Crippen LogP contribution in [-0.2, 0) is 27.0 Å². The van der Waals surface area contributed by atoms with Crippen LogP contribution >= 0.6 is 11.6 Å². The zero-order valence-electron chi connectivity index (χ0n) is 18.2. The lowest BCUT2D eigenvalue weighted by atomic mass is 9.97. The Bertz CT molecular complexity index is 1030. The number of rotatable bonds is 8. The molecule has 1 amide bonds. The minimum atomic E-state index is -3.40. The van der Waals surface area contributed by atoms with E-state index in [4.69, 9.17) is 11.6 Å². The van der Waals surface area contributed by atoms with E-state index in [0.717, 1.165) is 31.5 Å². The van der Waals surface area contributed by atoms with Gasteiger partial charge in [-0.3, -0.25) is 4.79 Å². The van der Waals surface area contributed by atoms with Gasteiger partial charge in [-0.25, -0.2) is 12.7 Å². The second-order valence-corrected chi connectivity index (χ2v) is 11.0. The van der Waals surface area contributed by atoms with Crippen LogP contribution in [0.5, 0.6) is 0 Å². The zero-order chi connectivity index (χ0) is 22.6. The molecule has 1 saturated heterocycles. The Morgan fingerprint density at radius 1 is 1.03 bits per heavy atom. The molecule has 32 heavy (non-hydrogen) atoms. The Morgan fingerprint density at radius 2 is 1.75 bits per heavy atom. The molecule has 0 unspecified atom stereocenters. The summed E-state index contributed by atoms with van der Waals surface area (Å²) in [4.78, 5) is 14.9. The van der Waals surface area contributed by atoms with E-state index in [1.165, 1.54) is 15.6 Å². The van der Waals surface area contributed by atoms with E-state index in [-0.39, 0.29) is 17.6 Å². The van der Waals surface area contributed by atoms with Crippen LogP contribution in [0.25, 0.3) is 0 Å². The minimum absolute atomic E-state index is 0.0410. The van der Waals surface area contributed by atoms with Gasteiger partial charge in [-0.05, 0) is 55.0 Å². The minimum Gasteiger partial charge on any atom is -0.371 e. The van der Waals surface area contributed by atoms with Crippen molar-refractivity contribution in [1.82, 2.24) is 9.62 Å². The molecule has 6 nitrogen and oxygen atoms in total. The molecular weight excluding hydrogens is 446 g/mol. The van der Waals surface area contributed by atoms with Gasteiger partial charge in [0, 0.05) is 49.4 Å². The van der Waals surface area contributed by atoms with Gasteiger partial charge in [0.2, 0.25) is 15.9 Å². The molecule has 0 saturated carbocycles. The third kappa shape index (κ3) is 5.63. The molecule has 2 aromatic carbocycles. The first-order chi connectivity index (χ1) is 15.4. The van der Waals surface area contributed by atoms with Crippen LogP contribution in [-0.4, -0.2) is 51.4 Å². The van der Waals surface area contributed by atoms with Gasteiger partial charge in [0.1, 0.15) is 0 Å². The number of amides is 1. The van der Waals surface area contributed by atoms with E-state index >= 15 is 0 Å². The average Bonchev–Trinajstić information content (AvgIpc) is 3.21. The molecule has 0 spiro atoms. The van der Waals surface area contributed by atoms with Crippen molar-refractivity contribution in [2.45, 2.75) is 31.4 Å². The fraction of sp³-hybridized carbons (Fsp3) is 0.458. The molecule has 4 rings (SSSR count). The quantitative estimate of drug-likeness (QED) is 0.594. The number of carbonyl (C=O) groups is 1. The summed E-state index contributed by atoms with van der Waals surface area (Å²) < 4.78 is 27.0. The summed E-state index contributed by atoms with van der Waals surface area (Å²) in [6.07, 6.45) is 3.10. The van der Waals surface area contributed by atoms with Crippen molar-refractivity contribution in [2.24, 2.45) is 5.92 Å². The third-order valence-electron chi connectivity index (χ3n) is 6.37. The second-order valence-electron chi connectivity index (χ2n) is 8.57. The lowest BCUT2D eigenvalue weighted by Crippen LogP contribution is -2.43. The predicted molar refractivity (Wildman–Crippen MR) is 128 cm³/mol. The number of halogens is 1. The zero-order valence-corrected chi connectivity index (χ0v) is 19.7. The number of para-hydroxylation sites is 1. The SMILES string of the molecule is O=C(NCCCN1CCc2ccccc21)C1CCN(S(=O)(=O)Cc2ccc(Cl)cc2)CC1. The molecule has 0 atom stereocenters. The number of nitrogens with one attached hydrogen (secondary N) is 1. The van der Waals surface area contributed by atoms with E-state index in [1.807, 2.05) is 0 Å². The summed E-state index contributed by atoms with van der Waals surface area (Å²) in [5.74, 6) is -0.119. The van der Waals surface area contributed by atoms with Crippen molar-refractivity contribution < 1.29 is 13.2 Å². The molecule has 0 bridgehead atoms. The summed E-state index contributed by atoms with van der Waals surface area (Å²) in [6.45, 7) is 3.39. The summed E-state index contributed by atoms with van der Waals surface area (Å²) in [7, 11) is -3.40. The molecular formula is C24H30ClN3O3S. The number of hydrogen-bond acceptors (Lipinski definition) is 4. The number of anilines is 1. The Labute approximate surface area is 195 Å². The van der Waals surface area contributed by atoms with Crippen LogP contribution in [0.3, 0.4) is 0 Å². The van der Waals surface area contributed by atoms with E-state index in [2.05, 4.69) is 34.5 Å². The summed E-state index contributed by atoms with van der Waals surface area (Å²) in [6, 6.07) is 15.4. The van der Waals surface area contributed by atoms with Crippen LogP contribution in [0.2, 0.25) is 5.02 Å². The maximum atomic E-state index is 12.7. The standard InChI is InChI=1S/C24H30ClN3O3S/c25-22-8-6-19(7-9-22)18-32(30,31)28-16-11-21(12-17-28)24(29)26-13-3-14-27-15-10-20-4-1-2-5-23(20)27/h1-2,4-9,21H,3,10-18H2,(H,26,29). The van der Waals surface area contributed by atoms with Crippen molar-refractivity contribution in [1.29, 1.82) is 0 Å². The van der Waals surface area contributed by atoms with Gasteiger partial charge < -0.3 is 10.2 Å². The maximum absolute atomic E-state index is 12.7. The maximum Gasteiger partial charge on any atom is 0.223 e. The van der Waals surface area contributed by atoms with Gasteiger partial charge in [0.05, 0.1) is 5.75 Å². The van der Waals surface area contributed by atoms with Crippen molar-refractivity contribution in [2.75, 3.05) is 37.6 Å². The van der Waals surface area contributed by atoms with Crippen molar-refractivity contribution >= 4 is 33.2 Å². The van der Waals surface area contributed by atoms with Crippen LogP contribution < -0.4 is 10.2 Å². The van der Waals surface area contributed by atoms with Gasteiger partial charge in [0.25, 0.3) is 0 Å². The third-order valence-corrected chi connectivity index (χ3v) is 8.47. The Kier molecular flexibility index (Phi) is 7.38. The highest BCUT2D eigenvalue weighted by Crippen LogP contribution is 2.27. The topological polar surface area (TPSA) is 69.7 Å². The fourth-order valence-electron chi connectivity index (χ4n) is 4.54. The molecule has 2 aromatic rings. The molecule has 8 heteroatoms. The lowest BCUT2D eigenvalue weighted by molar-refractivity contribution is -0.126. The smallest absolute Gasteiger partial charge is 0.223 e. The number of sulfonamides is 1. The van der Waals surface area contributed by atoms with Gasteiger partial charge in [-0.15, -0.1) is 0 Å². The fourth-order valence-corrected chi connectivity index (χ4v) is 6.23. The number of hydrogen-bond donors (Lipinski definition) is 1. The molecule has 2 heterocycles. The van der Waals surface area contributed by atoms with Crippen LogP contribution in [0.15, 0.2) is 48.5 Å². The highest BCUT2D eigenvalue weighted by Gasteiger charge is 2.31. The number of carbonyl (C=O) groups excluding carboxylic acids is 1. The number of piperidine rings is 1. The van der Waals surface area contributed by atoms with Gasteiger partial charge in [0.15, 0.2) is 0 Å². The van der Waals surface area contributed by atoms with E-state index < -0.39 is 10.0 Å². The van der Waals surface area contributed by atoms with Crippen LogP contribution in [0, 0.1) is 5.92 Å². The molecule has 2 aliphatic rings. The Morgan fingerprint density at radius 3 is 2.50 bits per heavy atom. The largest absolute Gasteiger partial charge is 0.371 e. The molecule has 0 aliphatic carbocycles. The number of benzene rings is 2. The van der Waals surface area contributed by atoms with Gasteiger partial charge in [-0.2, -0.15) is 0 Å². The first-order valence-electron chi connectivity index (χ1n) is 11.3. The lowest BCUT2D eigenvalue weighted by Gasteiger charge is -2.30. The summed E-state index contributed by atoms with van der Waals surface area (Å²) in [5, 5.41) is 3.64. The monoisotopic (exact) mass is 475 g/mol. The predicted octanol–water partition coefficient (Wildman–Crippen LogP) is 3.45. The van der Waals surface area contributed by atoms with E-state index in [1.54, 1.807) is 24.3 Å². The van der Waals surface area contributed by atoms with Gasteiger partial charge in [-0.1, -0.05) is 41.9 Å². The number of fused-ring (bicyclic) bond motifs is 1. The van der Waals surface area contributed by atoms with Gasteiger partial charge >= 0.3 is 0 Å². The first-order valence-corrected chi connectivity index (χ1v) is 13.2. The molecule has 0 radical (unpaired) electrons. The highest BCUT2D eigenvalue weighted by molar-refractivity contribution is 7.88. The first kappa shape index (κ1) is 23.1. The van der Waals surface area contributed by atoms with Crippen LogP contribution in [0.1, 0.15) is 30.4 Å². The molecule has 172 valence electrons. The molecule has 1 fully saturated rings. The van der Waals surface area contributed by atoms with Crippen molar-refractivity contribution in [3.05, 3.63) is 64.7 Å². The normalized spacial score (nSPS) is 17.3. The van der Waals surface area contributed by atoms with E-state index in [0.29, 0.717) is 37.5 Å². The molecule has 0 aromatic heterocycles. The highest BCUT2D eigenvalue weighted by atomic mass is 35.5. The van der Waals surface area contributed by atoms with Crippen LogP contribution in [0.4, 0.5) is 5.69 Å². The van der Waals surface area contributed by atoms with Crippen molar-refractivity contribution in [3.63, 3.8) is 0 Å². The summed E-state index contributed by atoms with van der Waals surface area (Å²) in [5.41, 5.74) is 3.43. The van der Waals surface area contributed by atoms with Crippen molar-refractivity contribution in [3.8, 4) is 0 Å². The second kappa shape index (κ2) is 10.2.